The van der Waals surface area contributed by atoms with E-state index in [1.54, 1.807) is 0 Å². The normalized spacial score (nSPS) is 9.68. The average Bonchev–Trinajstić information content (AvgIpc) is 2.35. The first kappa shape index (κ1) is 14.1. The smallest absolute Gasteiger partial charge is 0.338 e. The van der Waals surface area contributed by atoms with E-state index in [9.17, 15) is 25.0 Å². The largest absolute Gasteiger partial charge is 0.458 e. The maximum atomic E-state index is 11.5. The van der Waals surface area contributed by atoms with Gasteiger partial charge < -0.3 is 10.5 Å². The van der Waals surface area contributed by atoms with Gasteiger partial charge in [-0.2, -0.15) is 0 Å². The van der Waals surface area contributed by atoms with Crippen LogP contribution in [0.15, 0.2) is 24.8 Å². The van der Waals surface area contributed by atoms with E-state index < -0.39 is 32.9 Å². The van der Waals surface area contributed by atoms with Crippen LogP contribution in [0.3, 0.4) is 0 Å². The minimum absolute atomic E-state index is 0.120. The number of nitrogen functional groups attached to an aromatic ring is 1. The summed E-state index contributed by atoms with van der Waals surface area (Å²) in [5.41, 5.74) is 2.92. The quantitative estimate of drug-likeness (QED) is 0.280. The highest BCUT2D eigenvalue weighted by molar-refractivity contribution is 5.93. The van der Waals surface area contributed by atoms with Crippen LogP contribution in [0.4, 0.5) is 17.1 Å². The summed E-state index contributed by atoms with van der Waals surface area (Å²) in [7, 11) is 0. The van der Waals surface area contributed by atoms with Crippen LogP contribution in [-0.4, -0.2) is 22.4 Å². The number of nitro benzene ring substituents is 2. The third kappa shape index (κ3) is 3.03. The minimum atomic E-state index is -0.939. The van der Waals surface area contributed by atoms with Gasteiger partial charge in [0, 0.05) is 12.1 Å². The maximum absolute atomic E-state index is 11.5. The molecule has 100 valence electrons. The van der Waals surface area contributed by atoms with Gasteiger partial charge in [-0.1, -0.05) is 12.7 Å². The molecule has 0 radical (unpaired) electrons. The molecule has 0 saturated carbocycles. The lowest BCUT2D eigenvalue weighted by atomic mass is 10.1. The Morgan fingerprint density at radius 1 is 1.32 bits per heavy atom. The fraction of sp³-hybridized carbons (Fsp3) is 0.100. The Hall–Kier alpha value is -2.97. The van der Waals surface area contributed by atoms with Crippen LogP contribution in [0.5, 0.6) is 0 Å². The van der Waals surface area contributed by atoms with Gasteiger partial charge in [0.1, 0.15) is 6.61 Å². The number of nitrogens with zero attached hydrogens (tertiary/aromatic N) is 2. The number of esters is 1. The predicted octanol–water partition coefficient (Wildman–Crippen LogP) is 1.43. The summed E-state index contributed by atoms with van der Waals surface area (Å²) >= 11 is 0. The third-order valence-electron chi connectivity index (χ3n) is 2.10. The third-order valence-corrected chi connectivity index (χ3v) is 2.10. The summed E-state index contributed by atoms with van der Waals surface area (Å²) < 4.78 is 4.64. The highest BCUT2D eigenvalue weighted by atomic mass is 16.6. The Morgan fingerprint density at radius 2 is 1.79 bits per heavy atom. The molecule has 9 heteroatoms. The zero-order chi connectivity index (χ0) is 14.6. The highest BCUT2D eigenvalue weighted by Gasteiger charge is 2.26. The molecule has 19 heavy (non-hydrogen) atoms. The summed E-state index contributed by atoms with van der Waals surface area (Å²) in [6.45, 7) is 3.20. The summed E-state index contributed by atoms with van der Waals surface area (Å²) in [5.74, 6) is -0.939. The predicted molar refractivity (Wildman–Crippen MR) is 64.6 cm³/mol. The Bertz CT molecular complexity index is 533. The van der Waals surface area contributed by atoms with Crippen LogP contribution in [-0.2, 0) is 4.74 Å². The van der Waals surface area contributed by atoms with Gasteiger partial charge in [0.2, 0.25) is 0 Å². The monoisotopic (exact) mass is 267 g/mol. The Labute approximate surface area is 106 Å². The molecule has 1 aromatic carbocycles. The van der Waals surface area contributed by atoms with Crippen molar-refractivity contribution in [1.82, 2.24) is 0 Å². The number of hydrogen-bond acceptors (Lipinski definition) is 7. The van der Waals surface area contributed by atoms with Crippen molar-refractivity contribution in [2.75, 3.05) is 12.3 Å². The first-order valence-corrected chi connectivity index (χ1v) is 4.88. The fourth-order valence-electron chi connectivity index (χ4n) is 1.26. The van der Waals surface area contributed by atoms with E-state index in [4.69, 9.17) is 5.73 Å². The molecule has 0 unspecified atom stereocenters. The molecule has 0 atom stereocenters. The molecule has 0 spiro atoms. The molecule has 0 bridgehead atoms. The van der Waals surface area contributed by atoms with E-state index >= 15 is 0 Å². The molecular weight excluding hydrogens is 258 g/mol. The van der Waals surface area contributed by atoms with E-state index in [0.717, 1.165) is 12.1 Å². The van der Waals surface area contributed by atoms with Gasteiger partial charge >= 0.3 is 5.97 Å². The van der Waals surface area contributed by atoms with Crippen molar-refractivity contribution < 1.29 is 19.4 Å². The van der Waals surface area contributed by atoms with Gasteiger partial charge in [-0.15, -0.1) is 0 Å². The van der Waals surface area contributed by atoms with Crippen LogP contribution >= 0.6 is 0 Å². The van der Waals surface area contributed by atoms with E-state index in [1.807, 2.05) is 0 Å². The lowest BCUT2D eigenvalue weighted by Gasteiger charge is -2.04. The van der Waals surface area contributed by atoms with E-state index in [-0.39, 0.29) is 12.2 Å². The zero-order valence-electron chi connectivity index (χ0n) is 9.57. The van der Waals surface area contributed by atoms with E-state index in [1.165, 1.54) is 6.08 Å². The Kier molecular flexibility index (Phi) is 4.14. The van der Waals surface area contributed by atoms with Crippen molar-refractivity contribution >= 4 is 23.0 Å². The lowest BCUT2D eigenvalue weighted by molar-refractivity contribution is -0.392. The molecule has 9 nitrogen and oxygen atoms in total. The molecule has 0 amide bonds. The van der Waals surface area contributed by atoms with Crippen molar-refractivity contribution in [3.05, 3.63) is 50.6 Å². The number of hydrogen-bond donors (Lipinski definition) is 1. The molecule has 2 N–H and O–H groups in total. The van der Waals surface area contributed by atoms with Crippen molar-refractivity contribution in [2.24, 2.45) is 0 Å². The van der Waals surface area contributed by atoms with Gasteiger partial charge in [-0.05, 0) is 0 Å². The Balaban J connectivity index is 3.34. The molecule has 0 aliphatic heterocycles. The van der Waals surface area contributed by atoms with Crippen LogP contribution in [0.2, 0.25) is 0 Å². The van der Waals surface area contributed by atoms with Gasteiger partial charge in [-0.25, -0.2) is 4.79 Å². The Morgan fingerprint density at radius 3 is 2.16 bits per heavy atom. The second-order valence-corrected chi connectivity index (χ2v) is 3.33. The number of rotatable bonds is 5. The fourth-order valence-corrected chi connectivity index (χ4v) is 1.26. The number of carbonyl (C=O) groups excluding carboxylic acids is 1. The molecule has 1 aromatic rings. The molecule has 0 aliphatic carbocycles. The van der Waals surface area contributed by atoms with Crippen molar-refractivity contribution in [1.29, 1.82) is 0 Å². The van der Waals surface area contributed by atoms with Crippen molar-refractivity contribution in [3.8, 4) is 0 Å². The molecule has 0 fully saturated rings. The number of anilines is 1. The number of benzene rings is 1. The minimum Gasteiger partial charge on any atom is -0.458 e. The van der Waals surface area contributed by atoms with Gasteiger partial charge in [-0.3, -0.25) is 20.2 Å². The van der Waals surface area contributed by atoms with Gasteiger partial charge in [0.15, 0.2) is 5.69 Å². The molecular formula is C10H9N3O6. The molecule has 0 saturated heterocycles. The molecule has 0 aromatic heterocycles. The standard InChI is InChI=1S/C10H9N3O6/c1-2-3-19-10(14)6-4-7(12(15)16)9(11)8(5-6)13(17)18/h2,4-5H,1,3,11H2. The number of ether oxygens (including phenoxy) is 1. The summed E-state index contributed by atoms with van der Waals surface area (Å²) in [5, 5.41) is 21.4. The zero-order valence-corrected chi connectivity index (χ0v) is 9.57. The van der Waals surface area contributed by atoms with Crippen molar-refractivity contribution in [3.63, 3.8) is 0 Å². The van der Waals surface area contributed by atoms with Gasteiger partial charge in [0.05, 0.1) is 15.4 Å². The van der Waals surface area contributed by atoms with Crippen LogP contribution in [0.1, 0.15) is 10.4 Å². The van der Waals surface area contributed by atoms with E-state index in [0.29, 0.717) is 0 Å². The number of carbonyl (C=O) groups is 1. The van der Waals surface area contributed by atoms with Crippen LogP contribution < -0.4 is 5.73 Å². The van der Waals surface area contributed by atoms with Gasteiger partial charge in [0.25, 0.3) is 11.4 Å². The van der Waals surface area contributed by atoms with E-state index in [2.05, 4.69) is 11.3 Å². The second-order valence-electron chi connectivity index (χ2n) is 3.33. The lowest BCUT2D eigenvalue weighted by Crippen LogP contribution is -2.08. The second kappa shape index (κ2) is 5.58. The van der Waals surface area contributed by atoms with Crippen LogP contribution in [0, 0.1) is 20.2 Å². The highest BCUT2D eigenvalue weighted by Crippen LogP contribution is 2.32. The first-order valence-electron chi connectivity index (χ1n) is 4.88. The summed E-state index contributed by atoms with van der Waals surface area (Å²) in [6, 6.07) is 1.65. The van der Waals surface area contributed by atoms with Crippen molar-refractivity contribution in [2.45, 2.75) is 0 Å². The topological polar surface area (TPSA) is 139 Å². The molecule has 1 rings (SSSR count). The SMILES string of the molecule is C=CCOC(=O)c1cc([N+](=O)[O-])c(N)c([N+](=O)[O-])c1. The average molecular weight is 267 g/mol. The summed E-state index contributed by atoms with van der Waals surface area (Å²) in [6.07, 6.45) is 1.29. The first-order chi connectivity index (χ1) is 8.88. The molecule has 0 aliphatic rings. The summed E-state index contributed by atoms with van der Waals surface area (Å²) in [4.78, 5) is 31.1. The molecule has 0 heterocycles. The maximum Gasteiger partial charge on any atom is 0.338 e. The van der Waals surface area contributed by atoms with Crippen LogP contribution in [0.25, 0.3) is 0 Å². The number of nitrogens with two attached hydrogens (primary N) is 1. The number of nitro groups is 2.